The third-order valence-corrected chi connectivity index (χ3v) is 4.53. The van der Waals surface area contributed by atoms with Crippen LogP contribution in [0, 0.1) is 4.77 Å². The second kappa shape index (κ2) is 6.60. The molecule has 3 N–H and O–H groups in total. The van der Waals surface area contributed by atoms with Gasteiger partial charge in [-0.3, -0.25) is 14.3 Å². The molecule has 0 amide bonds. The number of hydrogen-bond acceptors (Lipinski definition) is 7. The van der Waals surface area contributed by atoms with E-state index in [2.05, 4.69) is 15.5 Å². The molecule has 3 rings (SSSR count). The van der Waals surface area contributed by atoms with E-state index in [-0.39, 0.29) is 22.3 Å². The molecule has 1 aromatic heterocycles. The van der Waals surface area contributed by atoms with Crippen molar-refractivity contribution in [3.05, 3.63) is 44.5 Å². The van der Waals surface area contributed by atoms with E-state index in [4.69, 9.17) is 21.7 Å². The number of aromatic amines is 1. The van der Waals surface area contributed by atoms with Crippen LogP contribution in [0.25, 0.3) is 0 Å². The average molecular weight is 362 g/mol. The Balaban J connectivity index is 1.94. The zero-order chi connectivity index (χ0) is 18.1. The van der Waals surface area contributed by atoms with Gasteiger partial charge in [0.2, 0.25) is 5.88 Å². The third kappa shape index (κ3) is 2.98. The van der Waals surface area contributed by atoms with Crippen LogP contribution in [0.2, 0.25) is 0 Å². The van der Waals surface area contributed by atoms with Crippen LogP contribution in [-0.2, 0) is 7.05 Å². The van der Waals surface area contributed by atoms with Crippen LogP contribution in [0.1, 0.15) is 23.6 Å². The quantitative estimate of drug-likeness (QED) is 0.715. The predicted molar refractivity (Wildman–Crippen MR) is 95.1 cm³/mol. The first kappa shape index (κ1) is 17.0. The summed E-state index contributed by atoms with van der Waals surface area (Å²) in [5, 5.41) is 14.5. The highest BCUT2D eigenvalue weighted by molar-refractivity contribution is 7.71. The molecule has 1 atom stereocenters. The summed E-state index contributed by atoms with van der Waals surface area (Å²) in [4.78, 5) is 14.7. The summed E-state index contributed by atoms with van der Waals surface area (Å²) in [6.45, 7) is 0. The Morgan fingerprint density at radius 2 is 2.12 bits per heavy atom. The Morgan fingerprint density at radius 1 is 1.36 bits per heavy atom. The van der Waals surface area contributed by atoms with Crippen LogP contribution in [0.15, 0.2) is 28.1 Å². The first-order valence-electron chi connectivity index (χ1n) is 7.53. The smallest absolute Gasteiger partial charge is 0.264 e. The third-order valence-electron chi connectivity index (χ3n) is 4.15. The summed E-state index contributed by atoms with van der Waals surface area (Å²) in [5.74, 6) is 1.12. The number of aromatic nitrogens is 2. The molecule has 0 aliphatic carbocycles. The second-order valence-electron chi connectivity index (χ2n) is 5.57. The number of nitrogens with one attached hydrogen (secondary N) is 2. The zero-order valence-electron chi connectivity index (χ0n) is 14.0. The minimum Gasteiger partial charge on any atom is -0.497 e. The zero-order valence-corrected chi connectivity index (χ0v) is 14.8. The summed E-state index contributed by atoms with van der Waals surface area (Å²) >= 11 is 4.98. The number of hydrazone groups is 1. The van der Waals surface area contributed by atoms with Gasteiger partial charge in [-0.1, -0.05) is 0 Å². The van der Waals surface area contributed by atoms with Crippen LogP contribution < -0.4 is 20.5 Å². The van der Waals surface area contributed by atoms with Gasteiger partial charge < -0.3 is 20.0 Å². The first-order valence-corrected chi connectivity index (χ1v) is 7.93. The fourth-order valence-corrected chi connectivity index (χ4v) is 2.93. The largest absolute Gasteiger partial charge is 0.497 e. The van der Waals surface area contributed by atoms with Gasteiger partial charge in [-0.25, -0.2) is 0 Å². The van der Waals surface area contributed by atoms with Gasteiger partial charge in [0.25, 0.3) is 5.56 Å². The van der Waals surface area contributed by atoms with Gasteiger partial charge in [0, 0.05) is 25.1 Å². The van der Waals surface area contributed by atoms with Gasteiger partial charge in [0.15, 0.2) is 4.77 Å². The lowest BCUT2D eigenvalue weighted by atomic mass is 9.99. The fraction of sp³-hybridized carbons (Fsp3) is 0.312. The monoisotopic (exact) mass is 362 g/mol. The molecule has 0 spiro atoms. The molecule has 2 heterocycles. The fourth-order valence-electron chi connectivity index (χ4n) is 2.75. The molecule has 0 fully saturated rings. The Bertz CT molecular complexity index is 964. The summed E-state index contributed by atoms with van der Waals surface area (Å²) in [7, 11) is 4.74. The Kier molecular flexibility index (Phi) is 4.49. The molecule has 2 aromatic rings. The molecular formula is C16H18N4O4S. The maximum atomic E-state index is 12.2. The molecule has 0 saturated heterocycles. The van der Waals surface area contributed by atoms with Crippen molar-refractivity contribution in [3.63, 3.8) is 0 Å². The lowest BCUT2D eigenvalue weighted by Crippen LogP contribution is -2.21. The van der Waals surface area contributed by atoms with Crippen molar-refractivity contribution in [2.75, 3.05) is 14.2 Å². The van der Waals surface area contributed by atoms with E-state index in [9.17, 15) is 9.90 Å². The summed E-state index contributed by atoms with van der Waals surface area (Å²) in [6.07, 6.45) is 0.413. The van der Waals surface area contributed by atoms with Gasteiger partial charge in [-0.2, -0.15) is 5.10 Å². The SMILES string of the molecule is COc1ccc([C@H]2CC(c3c(O)n(C)c(=S)[nH]c3=O)=NN2)c(OC)c1. The molecule has 0 saturated carbocycles. The van der Waals surface area contributed by atoms with Crippen molar-refractivity contribution < 1.29 is 14.6 Å². The lowest BCUT2D eigenvalue weighted by Gasteiger charge is -2.15. The minimum atomic E-state index is -0.469. The van der Waals surface area contributed by atoms with E-state index >= 15 is 0 Å². The molecule has 0 bridgehead atoms. The maximum Gasteiger partial charge on any atom is 0.264 e. The van der Waals surface area contributed by atoms with Gasteiger partial charge in [0.1, 0.15) is 17.1 Å². The molecule has 0 radical (unpaired) electrons. The van der Waals surface area contributed by atoms with E-state index in [1.807, 2.05) is 12.1 Å². The van der Waals surface area contributed by atoms with Crippen molar-refractivity contribution in [3.8, 4) is 17.4 Å². The molecule has 132 valence electrons. The summed E-state index contributed by atoms with van der Waals surface area (Å²) < 4.78 is 12.1. The number of nitrogens with zero attached hydrogens (tertiary/aromatic N) is 2. The summed E-state index contributed by atoms with van der Waals surface area (Å²) in [5.41, 5.74) is 3.96. The average Bonchev–Trinajstić information content (AvgIpc) is 3.08. The topological polar surface area (TPSA) is 101 Å². The predicted octanol–water partition coefficient (Wildman–Crippen LogP) is 1.60. The molecule has 1 aromatic carbocycles. The normalized spacial score (nSPS) is 16.3. The minimum absolute atomic E-state index is 0.110. The molecule has 9 heteroatoms. The highest BCUT2D eigenvalue weighted by atomic mass is 32.1. The van der Waals surface area contributed by atoms with Crippen LogP contribution in [0.5, 0.6) is 17.4 Å². The highest BCUT2D eigenvalue weighted by Gasteiger charge is 2.28. The van der Waals surface area contributed by atoms with Crippen molar-refractivity contribution in [1.82, 2.24) is 15.0 Å². The van der Waals surface area contributed by atoms with Crippen molar-refractivity contribution in [2.45, 2.75) is 12.5 Å². The standard InChI is InChI=1S/C16H18N4O4S/c1-20-15(22)13(14(21)17-16(20)25)11-7-10(18-19-11)9-5-4-8(23-2)6-12(9)24-3/h4-6,10,18,22H,7H2,1-3H3,(H,17,21,25)/t10-/m1/s1. The number of H-pyrrole nitrogens is 1. The summed E-state index contributed by atoms with van der Waals surface area (Å²) in [6, 6.07) is 5.30. The lowest BCUT2D eigenvalue weighted by molar-refractivity contribution is 0.386. The van der Waals surface area contributed by atoms with E-state index in [0.29, 0.717) is 23.6 Å². The van der Waals surface area contributed by atoms with Crippen LogP contribution >= 0.6 is 12.2 Å². The van der Waals surface area contributed by atoms with Crippen LogP contribution in [-0.4, -0.2) is 34.6 Å². The molecule has 1 aliphatic heterocycles. The number of methoxy groups -OCH3 is 2. The number of rotatable bonds is 4. The van der Waals surface area contributed by atoms with Gasteiger partial charge in [-0.15, -0.1) is 0 Å². The number of benzene rings is 1. The van der Waals surface area contributed by atoms with Crippen LogP contribution in [0.4, 0.5) is 0 Å². The molecule has 1 aliphatic rings. The van der Waals surface area contributed by atoms with Gasteiger partial charge in [0.05, 0.1) is 26.0 Å². The van der Waals surface area contributed by atoms with Gasteiger partial charge in [-0.05, 0) is 24.4 Å². The van der Waals surface area contributed by atoms with E-state index in [1.54, 1.807) is 27.3 Å². The number of aromatic hydroxyl groups is 1. The van der Waals surface area contributed by atoms with E-state index < -0.39 is 5.56 Å². The number of ether oxygens (including phenoxy) is 2. The van der Waals surface area contributed by atoms with E-state index in [0.717, 1.165) is 5.56 Å². The van der Waals surface area contributed by atoms with Crippen molar-refractivity contribution in [2.24, 2.45) is 12.1 Å². The highest BCUT2D eigenvalue weighted by Crippen LogP contribution is 2.34. The van der Waals surface area contributed by atoms with Gasteiger partial charge >= 0.3 is 0 Å². The Labute approximate surface area is 148 Å². The van der Waals surface area contributed by atoms with Crippen molar-refractivity contribution >= 4 is 17.9 Å². The first-order chi connectivity index (χ1) is 12.0. The molecule has 8 nitrogen and oxygen atoms in total. The maximum absolute atomic E-state index is 12.2. The molecule has 0 unspecified atom stereocenters. The van der Waals surface area contributed by atoms with Crippen LogP contribution in [0.3, 0.4) is 0 Å². The molecular weight excluding hydrogens is 344 g/mol. The molecule has 25 heavy (non-hydrogen) atoms. The second-order valence-corrected chi connectivity index (χ2v) is 5.96. The Hall–Kier alpha value is -2.81. The Morgan fingerprint density at radius 3 is 2.80 bits per heavy atom. The number of hydrogen-bond donors (Lipinski definition) is 3. The van der Waals surface area contributed by atoms with E-state index in [1.165, 1.54) is 4.57 Å². The van der Waals surface area contributed by atoms with Crippen molar-refractivity contribution in [1.29, 1.82) is 0 Å².